The summed E-state index contributed by atoms with van der Waals surface area (Å²) in [6.07, 6.45) is 0. The van der Waals surface area contributed by atoms with Gasteiger partial charge in [-0.2, -0.15) is 5.11 Å². The fraction of sp³-hybridized carbons (Fsp3) is 0.294. The van der Waals surface area contributed by atoms with Crippen LogP contribution in [0.1, 0.15) is 11.1 Å². The quantitative estimate of drug-likeness (QED) is 0.226. The van der Waals surface area contributed by atoms with Crippen LogP contribution in [-0.2, 0) is 4.84 Å². The molecule has 6 N–H and O–H groups in total. The van der Waals surface area contributed by atoms with Crippen molar-refractivity contribution in [2.75, 3.05) is 30.4 Å². The predicted octanol–water partition coefficient (Wildman–Crippen LogP) is 3.45. The SMILES string of the molecule is Cc1cc(Nc2cc(O)c(N(C)CCON)cc2O)c(C)cc1N=N. The molecule has 2 aromatic carbocycles. The van der Waals surface area contributed by atoms with Crippen LogP contribution in [0.15, 0.2) is 29.4 Å². The Bertz CT molecular complexity index is 779. The molecule has 0 unspecified atom stereocenters. The molecular formula is C17H23N5O3. The lowest BCUT2D eigenvalue weighted by atomic mass is 10.1. The largest absolute Gasteiger partial charge is 0.506 e. The Hall–Kier alpha value is -2.84. The van der Waals surface area contributed by atoms with Crippen molar-refractivity contribution in [2.45, 2.75) is 13.8 Å². The maximum atomic E-state index is 10.3. The van der Waals surface area contributed by atoms with Gasteiger partial charge in [0.15, 0.2) is 0 Å². The maximum absolute atomic E-state index is 10.3. The van der Waals surface area contributed by atoms with Gasteiger partial charge in [0.1, 0.15) is 11.5 Å². The summed E-state index contributed by atoms with van der Waals surface area (Å²) in [5.41, 5.74) is 11.1. The molecule has 0 aliphatic carbocycles. The van der Waals surface area contributed by atoms with E-state index in [1.807, 2.05) is 19.9 Å². The van der Waals surface area contributed by atoms with Crippen LogP contribution >= 0.6 is 0 Å². The van der Waals surface area contributed by atoms with E-state index in [1.165, 1.54) is 12.1 Å². The van der Waals surface area contributed by atoms with Crippen LogP contribution in [0.25, 0.3) is 0 Å². The number of anilines is 3. The van der Waals surface area contributed by atoms with Gasteiger partial charge in [0.2, 0.25) is 0 Å². The zero-order chi connectivity index (χ0) is 18.6. The Balaban J connectivity index is 2.31. The molecule has 8 heteroatoms. The normalized spacial score (nSPS) is 10.6. The van der Waals surface area contributed by atoms with Crippen molar-refractivity contribution in [1.82, 2.24) is 0 Å². The van der Waals surface area contributed by atoms with Gasteiger partial charge in [-0.3, -0.25) is 0 Å². The van der Waals surface area contributed by atoms with Crippen molar-refractivity contribution >= 4 is 22.7 Å². The van der Waals surface area contributed by atoms with E-state index >= 15 is 0 Å². The van der Waals surface area contributed by atoms with Crippen LogP contribution in [-0.4, -0.2) is 30.4 Å². The first-order valence-electron chi connectivity index (χ1n) is 7.72. The number of nitrogens with zero attached hydrogens (tertiary/aromatic N) is 2. The van der Waals surface area contributed by atoms with Gasteiger partial charge < -0.3 is 25.3 Å². The monoisotopic (exact) mass is 345 g/mol. The van der Waals surface area contributed by atoms with E-state index in [-0.39, 0.29) is 11.5 Å². The average Bonchev–Trinajstić information content (AvgIpc) is 2.58. The number of phenolic OH excluding ortho intramolecular Hbond substituents is 2. The third-order valence-electron chi connectivity index (χ3n) is 3.98. The molecule has 2 rings (SSSR count). The smallest absolute Gasteiger partial charge is 0.141 e. The molecule has 0 heterocycles. The van der Waals surface area contributed by atoms with E-state index in [1.54, 1.807) is 18.0 Å². The molecule has 0 amide bonds. The van der Waals surface area contributed by atoms with Gasteiger partial charge in [0.05, 0.1) is 23.7 Å². The molecule has 0 aliphatic rings. The van der Waals surface area contributed by atoms with E-state index in [0.717, 1.165) is 16.8 Å². The lowest BCUT2D eigenvalue weighted by Gasteiger charge is -2.21. The number of likely N-dealkylation sites (N-methyl/N-ethyl adjacent to an activating group) is 1. The Kier molecular flexibility index (Phi) is 5.79. The van der Waals surface area contributed by atoms with E-state index in [0.29, 0.717) is 30.2 Å². The highest BCUT2D eigenvalue weighted by atomic mass is 16.6. The number of hydrogen-bond donors (Lipinski definition) is 5. The second-order valence-corrected chi connectivity index (χ2v) is 5.84. The molecule has 8 nitrogen and oxygen atoms in total. The third-order valence-corrected chi connectivity index (χ3v) is 3.98. The van der Waals surface area contributed by atoms with Crippen LogP contribution in [0.2, 0.25) is 0 Å². The van der Waals surface area contributed by atoms with Crippen molar-refractivity contribution in [3.63, 3.8) is 0 Å². The topological polar surface area (TPSA) is 127 Å². The molecule has 0 aliphatic heterocycles. The van der Waals surface area contributed by atoms with Crippen molar-refractivity contribution < 1.29 is 15.1 Å². The number of rotatable bonds is 7. The summed E-state index contributed by atoms with van der Waals surface area (Å²) in [6, 6.07) is 6.57. The molecule has 0 atom stereocenters. The Morgan fingerprint density at radius 2 is 1.84 bits per heavy atom. The summed E-state index contributed by atoms with van der Waals surface area (Å²) in [6.45, 7) is 4.49. The lowest BCUT2D eigenvalue weighted by Crippen LogP contribution is -2.23. The summed E-state index contributed by atoms with van der Waals surface area (Å²) in [5, 5.41) is 27.2. The van der Waals surface area contributed by atoms with Crippen LogP contribution in [0, 0.1) is 19.4 Å². The first-order chi connectivity index (χ1) is 11.9. The highest BCUT2D eigenvalue weighted by Crippen LogP contribution is 2.39. The Morgan fingerprint density at radius 3 is 2.48 bits per heavy atom. The number of hydrogen-bond acceptors (Lipinski definition) is 8. The van der Waals surface area contributed by atoms with Crippen molar-refractivity contribution in [3.8, 4) is 11.5 Å². The van der Waals surface area contributed by atoms with Gasteiger partial charge >= 0.3 is 0 Å². The van der Waals surface area contributed by atoms with Crippen LogP contribution in [0.3, 0.4) is 0 Å². The number of nitrogens with one attached hydrogen (secondary N) is 2. The molecule has 0 aromatic heterocycles. The third kappa shape index (κ3) is 4.17. The molecule has 134 valence electrons. The summed E-state index contributed by atoms with van der Waals surface area (Å²) in [4.78, 5) is 6.26. The number of aromatic hydroxyl groups is 2. The zero-order valence-electron chi connectivity index (χ0n) is 14.5. The minimum absolute atomic E-state index is 0.000347. The molecule has 0 bridgehead atoms. The van der Waals surface area contributed by atoms with Crippen molar-refractivity contribution in [3.05, 3.63) is 35.4 Å². The van der Waals surface area contributed by atoms with Crippen molar-refractivity contribution in [1.29, 1.82) is 5.53 Å². The van der Waals surface area contributed by atoms with Gasteiger partial charge in [0.25, 0.3) is 0 Å². The number of phenols is 2. The van der Waals surface area contributed by atoms with E-state index in [4.69, 9.17) is 11.4 Å². The Labute approximate surface area is 146 Å². The fourth-order valence-electron chi connectivity index (χ4n) is 2.48. The van der Waals surface area contributed by atoms with Gasteiger partial charge in [-0.05, 0) is 37.1 Å². The molecule has 0 radical (unpaired) electrons. The molecule has 0 saturated heterocycles. The molecule has 0 saturated carbocycles. The number of aryl methyl sites for hydroxylation is 2. The second kappa shape index (κ2) is 7.82. The minimum Gasteiger partial charge on any atom is -0.506 e. The lowest BCUT2D eigenvalue weighted by molar-refractivity contribution is 0.145. The summed E-state index contributed by atoms with van der Waals surface area (Å²) in [7, 11) is 1.76. The average molecular weight is 345 g/mol. The molecule has 2 aromatic rings. The molecule has 25 heavy (non-hydrogen) atoms. The van der Waals surface area contributed by atoms with E-state index < -0.39 is 0 Å². The van der Waals surface area contributed by atoms with Gasteiger partial charge in [0, 0.05) is 31.4 Å². The maximum Gasteiger partial charge on any atom is 0.141 e. The van der Waals surface area contributed by atoms with E-state index in [9.17, 15) is 10.2 Å². The van der Waals surface area contributed by atoms with Crippen LogP contribution < -0.4 is 16.1 Å². The molecular weight excluding hydrogens is 322 g/mol. The number of nitrogens with two attached hydrogens (primary N) is 1. The summed E-state index contributed by atoms with van der Waals surface area (Å²) >= 11 is 0. The van der Waals surface area contributed by atoms with Gasteiger partial charge in [-0.15, -0.1) is 0 Å². The van der Waals surface area contributed by atoms with Gasteiger partial charge in [-0.25, -0.2) is 11.4 Å². The molecule has 0 spiro atoms. The minimum atomic E-state index is -0.000347. The highest BCUT2D eigenvalue weighted by Gasteiger charge is 2.14. The van der Waals surface area contributed by atoms with Crippen molar-refractivity contribution in [2.24, 2.45) is 11.0 Å². The van der Waals surface area contributed by atoms with Gasteiger partial charge in [-0.1, -0.05) is 0 Å². The first-order valence-corrected chi connectivity index (χ1v) is 7.72. The first kappa shape index (κ1) is 18.5. The standard InChI is InChI=1S/C17H23N5O3/c1-10-7-13(21-18)11(2)6-12(10)20-14-8-17(24)15(9-16(14)23)22(3)4-5-25-19/h6-9,18,20,23-24H,4-5,19H2,1-3H3. The summed E-state index contributed by atoms with van der Waals surface area (Å²) < 4.78 is 0. The molecule has 0 fully saturated rings. The second-order valence-electron chi connectivity index (χ2n) is 5.84. The fourth-order valence-corrected chi connectivity index (χ4v) is 2.48. The van der Waals surface area contributed by atoms with E-state index in [2.05, 4.69) is 15.3 Å². The number of benzene rings is 2. The zero-order valence-corrected chi connectivity index (χ0v) is 14.5. The van der Waals surface area contributed by atoms with Crippen LogP contribution in [0.4, 0.5) is 22.7 Å². The van der Waals surface area contributed by atoms with Crippen LogP contribution in [0.5, 0.6) is 11.5 Å². The Morgan fingerprint density at radius 1 is 1.12 bits per heavy atom. The highest BCUT2D eigenvalue weighted by molar-refractivity contribution is 5.76. The summed E-state index contributed by atoms with van der Waals surface area (Å²) in [5.74, 6) is 5.03. The predicted molar refractivity (Wildman–Crippen MR) is 97.2 cm³/mol.